The van der Waals surface area contributed by atoms with Crippen LogP contribution in [0.1, 0.15) is 34.8 Å². The number of fused-ring (bicyclic) bond motifs is 1. The summed E-state index contributed by atoms with van der Waals surface area (Å²) in [6.45, 7) is 1.90. The maximum atomic E-state index is 11.8. The van der Waals surface area contributed by atoms with Crippen molar-refractivity contribution in [2.75, 3.05) is 5.88 Å². The molecule has 1 unspecified atom stereocenters. The Morgan fingerprint density at radius 2 is 2.19 bits per heavy atom. The van der Waals surface area contributed by atoms with Gasteiger partial charge in [-0.25, -0.2) is 0 Å². The third kappa shape index (κ3) is 2.38. The normalized spacial score (nSPS) is 15.6. The average Bonchev–Trinajstić information content (AvgIpc) is 2.75. The van der Waals surface area contributed by atoms with Gasteiger partial charge in [-0.3, -0.25) is 4.79 Å². The molecule has 0 aliphatic heterocycles. The van der Waals surface area contributed by atoms with Crippen molar-refractivity contribution in [2.45, 2.75) is 32.2 Å². The Morgan fingerprint density at radius 3 is 2.94 bits per heavy atom. The average molecular weight is 238 g/mol. The van der Waals surface area contributed by atoms with Crippen molar-refractivity contribution < 1.29 is 4.79 Å². The van der Waals surface area contributed by atoms with Crippen molar-refractivity contribution in [2.24, 2.45) is 0 Å². The highest BCUT2D eigenvalue weighted by Gasteiger charge is 2.14. The number of benzene rings is 1. The van der Waals surface area contributed by atoms with E-state index in [1.165, 1.54) is 17.5 Å². The first kappa shape index (κ1) is 11.5. The molecule has 0 saturated carbocycles. The fourth-order valence-corrected chi connectivity index (χ4v) is 2.14. The molecule has 0 spiro atoms. The smallest absolute Gasteiger partial charge is 0.251 e. The molecule has 0 aromatic heterocycles. The van der Waals surface area contributed by atoms with Crippen LogP contribution >= 0.6 is 11.6 Å². The molecule has 1 aromatic carbocycles. The Bertz CT molecular complexity index is 403. The zero-order chi connectivity index (χ0) is 11.5. The SMILES string of the molecule is CC(CCl)NC(=O)c1ccc2c(c1)CCC2. The number of nitrogens with one attached hydrogen (secondary N) is 1. The predicted molar refractivity (Wildman–Crippen MR) is 66.1 cm³/mol. The lowest BCUT2D eigenvalue weighted by Gasteiger charge is -2.11. The summed E-state index contributed by atoms with van der Waals surface area (Å²) in [6, 6.07) is 6.00. The summed E-state index contributed by atoms with van der Waals surface area (Å²) in [5.41, 5.74) is 3.46. The molecule has 1 aliphatic rings. The summed E-state index contributed by atoms with van der Waals surface area (Å²) in [4.78, 5) is 11.8. The van der Waals surface area contributed by atoms with Crippen LogP contribution in [0.3, 0.4) is 0 Å². The van der Waals surface area contributed by atoms with Gasteiger partial charge in [0, 0.05) is 17.5 Å². The molecule has 0 radical (unpaired) electrons. The van der Waals surface area contributed by atoms with Crippen LogP contribution in [0, 0.1) is 0 Å². The molecule has 0 saturated heterocycles. The third-order valence-corrected chi connectivity index (χ3v) is 3.43. The molecular weight excluding hydrogens is 222 g/mol. The lowest BCUT2D eigenvalue weighted by atomic mass is 10.1. The number of hydrogen-bond acceptors (Lipinski definition) is 1. The van der Waals surface area contributed by atoms with Gasteiger partial charge in [0.1, 0.15) is 0 Å². The summed E-state index contributed by atoms with van der Waals surface area (Å²) in [5.74, 6) is 0.416. The molecule has 86 valence electrons. The molecule has 2 nitrogen and oxygen atoms in total. The van der Waals surface area contributed by atoms with Crippen molar-refractivity contribution in [1.29, 1.82) is 0 Å². The molecule has 3 heteroatoms. The second-order valence-corrected chi connectivity index (χ2v) is 4.67. The molecule has 0 bridgehead atoms. The zero-order valence-electron chi connectivity index (χ0n) is 9.42. The highest BCUT2D eigenvalue weighted by atomic mass is 35.5. The first-order valence-electron chi connectivity index (χ1n) is 5.69. The van der Waals surface area contributed by atoms with Gasteiger partial charge >= 0.3 is 0 Å². The van der Waals surface area contributed by atoms with Crippen molar-refractivity contribution in [3.8, 4) is 0 Å². The predicted octanol–water partition coefficient (Wildman–Crippen LogP) is 2.53. The van der Waals surface area contributed by atoms with E-state index in [1.807, 2.05) is 19.1 Å². The molecule has 0 fully saturated rings. The largest absolute Gasteiger partial charge is 0.348 e. The maximum Gasteiger partial charge on any atom is 0.251 e. The van der Waals surface area contributed by atoms with Crippen LogP contribution in [-0.2, 0) is 12.8 Å². The van der Waals surface area contributed by atoms with Gasteiger partial charge in [0.15, 0.2) is 0 Å². The second-order valence-electron chi connectivity index (χ2n) is 4.37. The van der Waals surface area contributed by atoms with E-state index in [0.717, 1.165) is 18.4 Å². The van der Waals surface area contributed by atoms with E-state index in [0.29, 0.717) is 5.88 Å². The number of amides is 1. The molecule has 1 amide bonds. The Kier molecular flexibility index (Phi) is 3.49. The van der Waals surface area contributed by atoms with Gasteiger partial charge in [-0.05, 0) is 49.4 Å². The first-order chi connectivity index (χ1) is 7.70. The van der Waals surface area contributed by atoms with E-state index >= 15 is 0 Å². The topological polar surface area (TPSA) is 29.1 Å². The summed E-state index contributed by atoms with van der Waals surface area (Å²) in [6.07, 6.45) is 3.45. The minimum absolute atomic E-state index is 0.0161. The van der Waals surface area contributed by atoms with E-state index in [1.54, 1.807) is 0 Å². The molecule has 1 N–H and O–H groups in total. The van der Waals surface area contributed by atoms with Gasteiger partial charge in [0.25, 0.3) is 5.91 Å². The summed E-state index contributed by atoms with van der Waals surface area (Å²) in [5, 5.41) is 2.87. The van der Waals surface area contributed by atoms with Crippen molar-refractivity contribution in [3.63, 3.8) is 0 Å². The number of hydrogen-bond donors (Lipinski definition) is 1. The summed E-state index contributed by atoms with van der Waals surface area (Å²) < 4.78 is 0. The van der Waals surface area contributed by atoms with Crippen LogP contribution in [0.15, 0.2) is 18.2 Å². The van der Waals surface area contributed by atoms with Gasteiger partial charge in [-0.15, -0.1) is 11.6 Å². The lowest BCUT2D eigenvalue weighted by Crippen LogP contribution is -2.33. The highest BCUT2D eigenvalue weighted by molar-refractivity contribution is 6.18. The number of aryl methyl sites for hydroxylation is 2. The maximum absolute atomic E-state index is 11.8. The second kappa shape index (κ2) is 4.88. The number of carbonyl (C=O) groups is 1. The van der Waals surface area contributed by atoms with Crippen molar-refractivity contribution in [1.82, 2.24) is 5.32 Å². The van der Waals surface area contributed by atoms with Gasteiger partial charge in [0.05, 0.1) is 0 Å². The van der Waals surface area contributed by atoms with Gasteiger partial charge in [-0.1, -0.05) is 6.07 Å². The fraction of sp³-hybridized carbons (Fsp3) is 0.462. The van der Waals surface area contributed by atoms with Crippen LogP contribution in [0.5, 0.6) is 0 Å². The molecule has 0 heterocycles. The molecule has 2 rings (SSSR count). The molecule has 1 aliphatic carbocycles. The standard InChI is InChI=1S/C13H16ClNO/c1-9(8-14)15-13(16)12-6-5-10-3-2-4-11(10)7-12/h5-7,9H,2-4,8H2,1H3,(H,15,16). The van der Waals surface area contributed by atoms with Gasteiger partial charge in [-0.2, -0.15) is 0 Å². The van der Waals surface area contributed by atoms with E-state index in [9.17, 15) is 4.79 Å². The highest BCUT2D eigenvalue weighted by Crippen LogP contribution is 2.22. The monoisotopic (exact) mass is 237 g/mol. The third-order valence-electron chi connectivity index (χ3n) is 2.97. The van der Waals surface area contributed by atoms with E-state index < -0.39 is 0 Å². The van der Waals surface area contributed by atoms with Gasteiger partial charge in [0.2, 0.25) is 0 Å². The van der Waals surface area contributed by atoms with E-state index in [2.05, 4.69) is 11.4 Å². The van der Waals surface area contributed by atoms with Crippen molar-refractivity contribution in [3.05, 3.63) is 34.9 Å². The number of alkyl halides is 1. The minimum atomic E-state index is -0.0251. The van der Waals surface area contributed by atoms with E-state index in [4.69, 9.17) is 11.6 Å². The quantitative estimate of drug-likeness (QED) is 0.805. The van der Waals surface area contributed by atoms with Crippen LogP contribution in [0.2, 0.25) is 0 Å². The Labute approximate surface area is 101 Å². The fourth-order valence-electron chi connectivity index (χ4n) is 2.06. The van der Waals surface area contributed by atoms with Crippen LogP contribution < -0.4 is 5.32 Å². The lowest BCUT2D eigenvalue weighted by molar-refractivity contribution is 0.0943. The van der Waals surface area contributed by atoms with Crippen LogP contribution in [0.25, 0.3) is 0 Å². The Hall–Kier alpha value is -1.02. The van der Waals surface area contributed by atoms with Crippen LogP contribution in [-0.4, -0.2) is 17.8 Å². The number of rotatable bonds is 3. The zero-order valence-corrected chi connectivity index (χ0v) is 10.2. The molecular formula is C13H16ClNO. The van der Waals surface area contributed by atoms with E-state index in [-0.39, 0.29) is 11.9 Å². The summed E-state index contributed by atoms with van der Waals surface area (Å²) in [7, 11) is 0. The Balaban J connectivity index is 2.12. The molecule has 1 aromatic rings. The summed E-state index contributed by atoms with van der Waals surface area (Å²) >= 11 is 5.66. The molecule has 1 atom stereocenters. The number of halogens is 1. The molecule has 16 heavy (non-hydrogen) atoms. The minimum Gasteiger partial charge on any atom is -0.348 e. The van der Waals surface area contributed by atoms with Crippen molar-refractivity contribution >= 4 is 17.5 Å². The van der Waals surface area contributed by atoms with Crippen LogP contribution in [0.4, 0.5) is 0 Å². The van der Waals surface area contributed by atoms with Gasteiger partial charge < -0.3 is 5.32 Å². The Morgan fingerprint density at radius 1 is 1.44 bits per heavy atom. The first-order valence-corrected chi connectivity index (χ1v) is 6.23. The number of carbonyl (C=O) groups excluding carboxylic acids is 1.